The van der Waals surface area contributed by atoms with Crippen molar-refractivity contribution < 1.29 is 14.7 Å². The van der Waals surface area contributed by atoms with Crippen molar-refractivity contribution in [1.82, 2.24) is 10.6 Å². The highest BCUT2D eigenvalue weighted by molar-refractivity contribution is 5.80. The Balaban J connectivity index is 1.39. The number of carbonyl (C=O) groups is 2. The zero-order chi connectivity index (χ0) is 16.2. The van der Waals surface area contributed by atoms with Crippen molar-refractivity contribution in [2.75, 3.05) is 0 Å². The first-order valence-corrected chi connectivity index (χ1v) is 9.42. The van der Waals surface area contributed by atoms with Crippen LogP contribution in [0, 0.1) is 11.8 Å². The molecule has 3 fully saturated rings. The molecule has 3 saturated carbocycles. The van der Waals surface area contributed by atoms with E-state index in [1.165, 1.54) is 12.8 Å². The molecule has 0 bridgehead atoms. The van der Waals surface area contributed by atoms with Gasteiger partial charge in [-0.05, 0) is 57.8 Å². The zero-order valence-electron chi connectivity index (χ0n) is 13.9. The van der Waals surface area contributed by atoms with Crippen LogP contribution in [-0.2, 0) is 9.59 Å². The summed E-state index contributed by atoms with van der Waals surface area (Å²) in [6, 6.07) is 0.187. The molecule has 0 saturated heterocycles. The predicted octanol–water partition coefficient (Wildman–Crippen LogP) is 1.88. The van der Waals surface area contributed by atoms with Gasteiger partial charge in [-0.15, -0.1) is 0 Å². The first kappa shape index (κ1) is 16.7. The quantitative estimate of drug-likeness (QED) is 0.739. The number of aliphatic hydroxyl groups is 1. The van der Waals surface area contributed by atoms with Crippen LogP contribution in [0.4, 0.5) is 0 Å². The molecule has 23 heavy (non-hydrogen) atoms. The maximum atomic E-state index is 12.3. The standard InChI is InChI=1S/C18H30N2O3/c21-16-7-3-6-15(16)20-18(23)13-8-10-14(11-9-13)19-17(22)12-4-1-2-5-12/h12-16,21H,1-11H2,(H,19,22)(H,20,23)/t13?,14?,15-,16-/m1/s1. The van der Waals surface area contributed by atoms with Gasteiger partial charge in [0.05, 0.1) is 12.1 Å². The summed E-state index contributed by atoms with van der Waals surface area (Å²) < 4.78 is 0. The van der Waals surface area contributed by atoms with Crippen LogP contribution >= 0.6 is 0 Å². The molecule has 130 valence electrons. The fraction of sp³-hybridized carbons (Fsp3) is 0.889. The largest absolute Gasteiger partial charge is 0.391 e. The van der Waals surface area contributed by atoms with Crippen molar-refractivity contribution in [1.29, 1.82) is 0 Å². The van der Waals surface area contributed by atoms with E-state index in [1.807, 2.05) is 0 Å². The monoisotopic (exact) mass is 322 g/mol. The molecule has 0 heterocycles. The highest BCUT2D eigenvalue weighted by atomic mass is 16.3. The van der Waals surface area contributed by atoms with Gasteiger partial charge >= 0.3 is 0 Å². The Hall–Kier alpha value is -1.10. The molecular formula is C18H30N2O3. The van der Waals surface area contributed by atoms with Crippen LogP contribution in [0.15, 0.2) is 0 Å². The molecule has 3 rings (SSSR count). The molecule has 5 heteroatoms. The van der Waals surface area contributed by atoms with Crippen molar-refractivity contribution in [3.8, 4) is 0 Å². The minimum Gasteiger partial charge on any atom is -0.391 e. The van der Waals surface area contributed by atoms with E-state index in [-0.39, 0.29) is 41.8 Å². The van der Waals surface area contributed by atoms with E-state index >= 15 is 0 Å². The highest BCUT2D eigenvalue weighted by Gasteiger charge is 2.32. The number of amides is 2. The molecule has 2 atom stereocenters. The molecule has 0 unspecified atom stereocenters. The van der Waals surface area contributed by atoms with Crippen LogP contribution in [0.25, 0.3) is 0 Å². The Morgan fingerprint density at radius 1 is 0.696 bits per heavy atom. The maximum absolute atomic E-state index is 12.3. The van der Waals surface area contributed by atoms with E-state index in [2.05, 4.69) is 10.6 Å². The average Bonchev–Trinajstić information content (AvgIpc) is 3.20. The van der Waals surface area contributed by atoms with Gasteiger partial charge in [-0.1, -0.05) is 12.8 Å². The number of carbonyl (C=O) groups excluding carboxylic acids is 2. The minimum atomic E-state index is -0.374. The van der Waals surface area contributed by atoms with Gasteiger partial charge in [0.25, 0.3) is 0 Å². The second kappa shape index (κ2) is 7.65. The Bertz CT molecular complexity index is 426. The molecule has 0 radical (unpaired) electrons. The van der Waals surface area contributed by atoms with Crippen LogP contribution in [-0.4, -0.2) is 35.1 Å². The Morgan fingerprint density at radius 3 is 1.91 bits per heavy atom. The summed E-state index contributed by atoms with van der Waals surface area (Å²) in [6.45, 7) is 0. The normalized spacial score (nSPS) is 35.2. The first-order valence-electron chi connectivity index (χ1n) is 9.42. The van der Waals surface area contributed by atoms with Crippen molar-refractivity contribution >= 4 is 11.8 Å². The summed E-state index contributed by atoms with van der Waals surface area (Å²) >= 11 is 0. The van der Waals surface area contributed by atoms with Gasteiger partial charge in [0, 0.05) is 17.9 Å². The Kier molecular flexibility index (Phi) is 5.57. The molecule has 2 amide bonds. The fourth-order valence-corrected chi connectivity index (χ4v) is 4.42. The third-order valence-corrected chi connectivity index (χ3v) is 5.98. The van der Waals surface area contributed by atoms with Crippen LogP contribution in [0.2, 0.25) is 0 Å². The number of rotatable bonds is 4. The highest BCUT2D eigenvalue weighted by Crippen LogP contribution is 2.28. The second-order valence-corrected chi connectivity index (χ2v) is 7.65. The van der Waals surface area contributed by atoms with Crippen molar-refractivity contribution in [3.63, 3.8) is 0 Å². The van der Waals surface area contributed by atoms with E-state index in [4.69, 9.17) is 0 Å². The van der Waals surface area contributed by atoms with E-state index in [0.29, 0.717) is 0 Å². The lowest BCUT2D eigenvalue weighted by Crippen LogP contribution is -2.46. The van der Waals surface area contributed by atoms with Gasteiger partial charge in [-0.2, -0.15) is 0 Å². The topological polar surface area (TPSA) is 78.4 Å². The Morgan fingerprint density at radius 2 is 1.30 bits per heavy atom. The summed E-state index contributed by atoms with van der Waals surface area (Å²) in [4.78, 5) is 24.5. The zero-order valence-corrected chi connectivity index (χ0v) is 13.9. The summed E-state index contributed by atoms with van der Waals surface area (Å²) in [5.41, 5.74) is 0. The van der Waals surface area contributed by atoms with Crippen molar-refractivity contribution in [3.05, 3.63) is 0 Å². The van der Waals surface area contributed by atoms with Crippen LogP contribution in [0.3, 0.4) is 0 Å². The number of nitrogens with one attached hydrogen (secondary N) is 2. The lowest BCUT2D eigenvalue weighted by molar-refractivity contribution is -0.127. The maximum Gasteiger partial charge on any atom is 0.223 e. The van der Waals surface area contributed by atoms with Gasteiger partial charge in [0.15, 0.2) is 0 Å². The van der Waals surface area contributed by atoms with E-state index in [9.17, 15) is 14.7 Å². The molecule has 0 spiro atoms. The van der Waals surface area contributed by atoms with Crippen LogP contribution in [0.1, 0.15) is 70.6 Å². The molecular weight excluding hydrogens is 292 g/mol. The second-order valence-electron chi connectivity index (χ2n) is 7.65. The van der Waals surface area contributed by atoms with Gasteiger partial charge in [-0.25, -0.2) is 0 Å². The Labute approximate surface area is 138 Å². The number of hydrogen-bond acceptors (Lipinski definition) is 3. The van der Waals surface area contributed by atoms with E-state index < -0.39 is 0 Å². The minimum absolute atomic E-state index is 0.0439. The van der Waals surface area contributed by atoms with E-state index in [1.54, 1.807) is 0 Å². The number of aliphatic hydroxyl groups excluding tert-OH is 1. The molecule has 5 nitrogen and oxygen atoms in total. The molecule has 0 aromatic heterocycles. The summed E-state index contributed by atoms with van der Waals surface area (Å²) in [5.74, 6) is 0.586. The van der Waals surface area contributed by atoms with Gasteiger partial charge in [0.1, 0.15) is 0 Å². The SMILES string of the molecule is O=C(NC1CCC(C(=O)N[C@@H]2CCC[C@H]2O)CC1)C1CCCC1. The smallest absolute Gasteiger partial charge is 0.223 e. The summed E-state index contributed by atoms with van der Waals surface area (Å²) in [6.07, 6.45) is 10.2. The average molecular weight is 322 g/mol. The molecule has 3 N–H and O–H groups in total. The number of hydrogen-bond donors (Lipinski definition) is 3. The van der Waals surface area contributed by atoms with Crippen molar-refractivity contribution in [2.45, 2.75) is 88.8 Å². The van der Waals surface area contributed by atoms with E-state index in [0.717, 1.165) is 57.8 Å². The third-order valence-electron chi connectivity index (χ3n) is 5.98. The van der Waals surface area contributed by atoms with Crippen LogP contribution in [0.5, 0.6) is 0 Å². The summed E-state index contributed by atoms with van der Waals surface area (Å²) in [7, 11) is 0. The summed E-state index contributed by atoms with van der Waals surface area (Å²) in [5, 5.41) is 16.0. The first-order chi connectivity index (χ1) is 11.1. The van der Waals surface area contributed by atoms with Gasteiger partial charge in [0.2, 0.25) is 11.8 Å². The van der Waals surface area contributed by atoms with Crippen LogP contribution < -0.4 is 10.6 Å². The van der Waals surface area contributed by atoms with Gasteiger partial charge in [-0.3, -0.25) is 9.59 Å². The molecule has 0 aromatic carbocycles. The molecule has 0 aromatic rings. The third kappa shape index (κ3) is 4.25. The molecule has 3 aliphatic carbocycles. The van der Waals surface area contributed by atoms with Gasteiger partial charge < -0.3 is 15.7 Å². The van der Waals surface area contributed by atoms with Crippen molar-refractivity contribution in [2.24, 2.45) is 11.8 Å². The lowest BCUT2D eigenvalue weighted by Gasteiger charge is -2.30. The fourth-order valence-electron chi connectivity index (χ4n) is 4.42. The predicted molar refractivity (Wildman–Crippen MR) is 87.6 cm³/mol. The lowest BCUT2D eigenvalue weighted by atomic mass is 9.85. The molecule has 3 aliphatic rings. The molecule has 0 aliphatic heterocycles.